The van der Waals surface area contributed by atoms with Crippen LogP contribution in [0.4, 0.5) is 0 Å². The van der Waals surface area contributed by atoms with Gasteiger partial charge in [-0.2, -0.15) is 0 Å². The highest BCUT2D eigenvalue weighted by Gasteiger charge is 2.14. The molecule has 0 atom stereocenters. The minimum absolute atomic E-state index is 0.000544. The Kier molecular flexibility index (Phi) is 19.6. The van der Waals surface area contributed by atoms with E-state index in [1.807, 2.05) is 97.6 Å². The highest BCUT2D eigenvalue weighted by atomic mass is 16.6. The first kappa shape index (κ1) is 45.3. The summed E-state index contributed by atoms with van der Waals surface area (Å²) < 4.78 is 40.6. The number of rotatable bonds is 27. The summed E-state index contributed by atoms with van der Waals surface area (Å²) in [6.45, 7) is 4.60. The topological polar surface area (TPSA) is 84.8 Å². The molecule has 8 heteroatoms. The van der Waals surface area contributed by atoms with E-state index in [-0.39, 0.29) is 6.61 Å². The zero-order chi connectivity index (χ0) is 42.7. The van der Waals surface area contributed by atoms with Crippen LogP contribution in [0.2, 0.25) is 0 Å². The highest BCUT2D eigenvalue weighted by Crippen LogP contribution is 2.35. The van der Waals surface area contributed by atoms with Gasteiger partial charge >= 0.3 is 0 Å². The largest absolute Gasteiger partial charge is 0.498 e. The van der Waals surface area contributed by atoms with E-state index >= 15 is 0 Å². The first-order valence-electron chi connectivity index (χ1n) is 21.1. The Bertz CT molecular complexity index is 2200. The van der Waals surface area contributed by atoms with E-state index in [4.69, 9.17) is 38.3 Å². The van der Waals surface area contributed by atoms with Crippen LogP contribution in [0, 0.1) is 0 Å². The summed E-state index contributed by atoms with van der Waals surface area (Å²) in [6.07, 6.45) is 5.46. The van der Waals surface area contributed by atoms with Crippen LogP contribution in [0.5, 0.6) is 0 Å². The smallest absolute Gasteiger partial charge is 0.111 e. The van der Waals surface area contributed by atoms with Crippen LogP contribution in [-0.2, 0) is 33.2 Å². The van der Waals surface area contributed by atoms with Crippen molar-refractivity contribution in [2.24, 2.45) is 0 Å². The molecule has 0 amide bonds. The van der Waals surface area contributed by atoms with Gasteiger partial charge in [-0.15, -0.1) is 0 Å². The van der Waals surface area contributed by atoms with Crippen LogP contribution < -0.4 is 0 Å². The monoisotopic (exact) mass is 832 g/mol. The molecule has 1 N–H and O–H groups in total. The van der Waals surface area contributed by atoms with Crippen molar-refractivity contribution >= 4 is 16.7 Å². The maximum absolute atomic E-state index is 8.88. The Morgan fingerprint density at radius 3 is 1.16 bits per heavy atom. The van der Waals surface area contributed by atoms with Crippen molar-refractivity contribution in [2.45, 2.75) is 0 Å². The first-order valence-corrected chi connectivity index (χ1v) is 21.1. The van der Waals surface area contributed by atoms with Gasteiger partial charge in [-0.05, 0) is 50.6 Å². The zero-order valence-electron chi connectivity index (χ0n) is 35.2. The molecule has 0 aliphatic heterocycles. The van der Waals surface area contributed by atoms with E-state index in [1.54, 1.807) is 0 Å². The third-order valence-corrected chi connectivity index (χ3v) is 9.66. The van der Waals surface area contributed by atoms with E-state index in [9.17, 15) is 0 Å². The van der Waals surface area contributed by atoms with Gasteiger partial charge in [0.2, 0.25) is 0 Å². The number of aliphatic hydroxyl groups excluding tert-OH is 1. The second-order valence-corrected chi connectivity index (χ2v) is 14.0. The summed E-state index contributed by atoms with van der Waals surface area (Å²) in [5, 5.41) is 8.88. The molecular weight excluding hydrogens is 777 g/mol. The zero-order valence-corrected chi connectivity index (χ0v) is 35.2. The molecule has 0 spiro atoms. The Morgan fingerprint density at radius 1 is 0.339 bits per heavy atom. The van der Waals surface area contributed by atoms with Crippen LogP contribution >= 0.6 is 0 Å². The molecule has 6 aromatic carbocycles. The van der Waals surface area contributed by atoms with Gasteiger partial charge in [0.15, 0.2) is 0 Å². The first-order chi connectivity index (χ1) is 30.8. The van der Waals surface area contributed by atoms with Crippen molar-refractivity contribution < 1.29 is 38.3 Å². The van der Waals surface area contributed by atoms with Gasteiger partial charge in [-0.1, -0.05) is 164 Å². The molecule has 0 saturated carbocycles. The third kappa shape index (κ3) is 14.7. The molecule has 0 heterocycles. The summed E-state index contributed by atoms with van der Waals surface area (Å²) in [7, 11) is 0. The van der Waals surface area contributed by atoms with Gasteiger partial charge in [-0.3, -0.25) is 0 Å². The van der Waals surface area contributed by atoms with Gasteiger partial charge in [-0.25, -0.2) is 0 Å². The highest BCUT2D eigenvalue weighted by molar-refractivity contribution is 5.90. The fraction of sp³-hybridized carbons (Fsp3) is 0.222. The van der Waals surface area contributed by atoms with E-state index in [0.717, 1.165) is 61.2 Å². The maximum atomic E-state index is 8.88. The molecule has 62 heavy (non-hydrogen) atoms. The van der Waals surface area contributed by atoms with Gasteiger partial charge in [0.05, 0.1) is 78.2 Å². The standard InChI is InChI=1S/C54H56O8/c55-28-29-56-30-31-57-36-39-62-43-54(47-22-11-4-12-23-47)51-27-14-13-26-50(51)48-24-15-25-49(40-48)53(46-20-9-3-10-21-46)42-61-38-35-59-33-32-58-34-37-60-41-52(44-16-5-1-6-17-44)45-18-7-2-8-19-45/h1-27,40-43,55H,28-39H2/b53-42-,54-43+. The van der Waals surface area contributed by atoms with Crippen molar-refractivity contribution in [1.29, 1.82) is 0 Å². The lowest BCUT2D eigenvalue weighted by molar-refractivity contribution is 0.0187. The molecule has 6 rings (SSSR count). The van der Waals surface area contributed by atoms with Crippen LogP contribution in [0.3, 0.4) is 0 Å². The third-order valence-electron chi connectivity index (χ3n) is 9.66. The number of aliphatic hydroxyl groups is 1. The van der Waals surface area contributed by atoms with Crippen LogP contribution in [0.15, 0.2) is 189 Å². The SMILES string of the molecule is OCCOCCOCCO/C=C(\c1ccccc1)c1ccccc1-c1cccc(/C(=C\OCCOCCOCCOC=C(c2ccccc2)c2ccccc2)c2ccccc2)c1. The summed E-state index contributed by atoms with van der Waals surface area (Å²) in [5.41, 5.74) is 11.4. The second-order valence-electron chi connectivity index (χ2n) is 14.0. The Hall–Kier alpha value is -6.26. The summed E-state index contributed by atoms with van der Waals surface area (Å²) in [4.78, 5) is 0. The predicted octanol–water partition coefficient (Wildman–Crippen LogP) is 10.3. The lowest BCUT2D eigenvalue weighted by Gasteiger charge is -2.16. The van der Waals surface area contributed by atoms with E-state index in [0.29, 0.717) is 72.7 Å². The molecule has 6 aromatic rings. The predicted molar refractivity (Wildman–Crippen MR) is 247 cm³/mol. The Morgan fingerprint density at radius 2 is 0.694 bits per heavy atom. The summed E-state index contributed by atoms with van der Waals surface area (Å²) in [6, 6.07) is 57.9. The average molecular weight is 833 g/mol. The van der Waals surface area contributed by atoms with Crippen molar-refractivity contribution in [1.82, 2.24) is 0 Å². The van der Waals surface area contributed by atoms with Crippen LogP contribution in [0.25, 0.3) is 27.8 Å². The van der Waals surface area contributed by atoms with Crippen LogP contribution in [-0.4, -0.2) is 84.4 Å². The van der Waals surface area contributed by atoms with Gasteiger partial charge in [0.25, 0.3) is 0 Å². The van der Waals surface area contributed by atoms with E-state index in [1.165, 1.54) is 0 Å². The maximum Gasteiger partial charge on any atom is 0.111 e. The molecular formula is C54H56O8. The molecule has 0 aliphatic rings. The van der Waals surface area contributed by atoms with Gasteiger partial charge < -0.3 is 38.3 Å². The van der Waals surface area contributed by atoms with Gasteiger partial charge in [0.1, 0.15) is 19.8 Å². The minimum atomic E-state index is -0.000544. The molecule has 0 radical (unpaired) electrons. The van der Waals surface area contributed by atoms with Crippen molar-refractivity contribution in [3.8, 4) is 11.1 Å². The van der Waals surface area contributed by atoms with Gasteiger partial charge in [0, 0.05) is 16.7 Å². The van der Waals surface area contributed by atoms with Crippen molar-refractivity contribution in [2.75, 3.05) is 79.3 Å². The normalized spacial score (nSPS) is 11.6. The number of ether oxygens (including phenoxy) is 7. The molecule has 320 valence electrons. The number of benzene rings is 6. The summed E-state index contributed by atoms with van der Waals surface area (Å²) in [5.74, 6) is 0. The quantitative estimate of drug-likeness (QED) is 0.0406. The van der Waals surface area contributed by atoms with Crippen molar-refractivity contribution in [3.05, 3.63) is 222 Å². The second kappa shape index (κ2) is 26.8. The molecule has 0 fully saturated rings. The summed E-state index contributed by atoms with van der Waals surface area (Å²) >= 11 is 0. The molecule has 0 aliphatic carbocycles. The van der Waals surface area contributed by atoms with E-state index < -0.39 is 0 Å². The Labute approximate surface area is 366 Å². The number of hydrogen-bond donors (Lipinski definition) is 1. The lowest BCUT2D eigenvalue weighted by Crippen LogP contribution is -2.10. The average Bonchev–Trinajstić information content (AvgIpc) is 3.33. The van der Waals surface area contributed by atoms with Crippen LogP contribution in [0.1, 0.15) is 33.4 Å². The fourth-order valence-electron chi connectivity index (χ4n) is 6.64. The van der Waals surface area contributed by atoms with Crippen molar-refractivity contribution in [3.63, 3.8) is 0 Å². The molecule has 0 unspecified atom stereocenters. The molecule has 8 nitrogen and oxygen atoms in total. The molecule has 0 saturated heterocycles. The minimum Gasteiger partial charge on any atom is -0.498 e. The number of hydrogen-bond acceptors (Lipinski definition) is 8. The van der Waals surface area contributed by atoms with E-state index in [2.05, 4.69) is 91.0 Å². The molecule has 0 aromatic heterocycles. The fourth-order valence-corrected chi connectivity index (χ4v) is 6.64. The Balaban J connectivity index is 1.03. The lowest BCUT2D eigenvalue weighted by atomic mass is 9.89. The molecule has 0 bridgehead atoms.